The zero-order chi connectivity index (χ0) is 16.5. The predicted octanol–water partition coefficient (Wildman–Crippen LogP) is 3.02. The Bertz CT molecular complexity index is 791. The molecule has 0 radical (unpaired) electrons. The van der Waals surface area contributed by atoms with Crippen LogP contribution in [-0.2, 0) is 11.3 Å². The van der Waals surface area contributed by atoms with E-state index < -0.39 is 0 Å². The molecule has 1 aliphatic carbocycles. The average Bonchev–Trinajstić information content (AvgIpc) is 2.94. The highest BCUT2D eigenvalue weighted by atomic mass is 16.4. The zero-order valence-electron chi connectivity index (χ0n) is 13.9. The Kier molecular flexibility index (Phi) is 4.17. The highest BCUT2D eigenvalue weighted by Gasteiger charge is 2.32. The number of para-hydroxylation sites is 2. The second-order valence-electron chi connectivity index (χ2n) is 7.17. The summed E-state index contributed by atoms with van der Waals surface area (Å²) in [6.45, 7) is 2.17. The molecular weight excluding hydrogens is 304 g/mol. The summed E-state index contributed by atoms with van der Waals surface area (Å²) in [6, 6.07) is 7.36. The molecule has 0 unspecified atom stereocenters. The fourth-order valence-corrected chi connectivity index (χ4v) is 4.42. The largest absolute Gasteiger partial charge is 0.419 e. The van der Waals surface area contributed by atoms with Gasteiger partial charge in [-0.2, -0.15) is 0 Å². The third-order valence-corrected chi connectivity index (χ3v) is 5.77. The molecule has 5 nitrogen and oxygen atoms in total. The first-order valence-electron chi connectivity index (χ1n) is 9.08. The first-order chi connectivity index (χ1) is 11.7. The molecule has 1 aromatic heterocycles. The molecule has 2 aliphatic rings. The van der Waals surface area contributed by atoms with Crippen LogP contribution in [0.5, 0.6) is 0 Å². The summed E-state index contributed by atoms with van der Waals surface area (Å²) in [4.78, 5) is 26.6. The highest BCUT2D eigenvalue weighted by Crippen LogP contribution is 2.36. The van der Waals surface area contributed by atoms with E-state index in [0.717, 1.165) is 30.9 Å². The number of oxazole rings is 1. The van der Waals surface area contributed by atoms with E-state index in [2.05, 4.69) is 0 Å². The van der Waals surface area contributed by atoms with Gasteiger partial charge < -0.3 is 9.32 Å². The summed E-state index contributed by atoms with van der Waals surface area (Å²) in [7, 11) is 0. The Morgan fingerprint density at radius 2 is 1.92 bits per heavy atom. The van der Waals surface area contributed by atoms with Crippen molar-refractivity contribution in [1.82, 2.24) is 9.47 Å². The topological polar surface area (TPSA) is 55.5 Å². The molecule has 1 amide bonds. The van der Waals surface area contributed by atoms with E-state index in [1.54, 1.807) is 10.6 Å². The van der Waals surface area contributed by atoms with Crippen LogP contribution in [-0.4, -0.2) is 28.5 Å². The fraction of sp³-hybridized carbons (Fsp3) is 0.579. The highest BCUT2D eigenvalue weighted by molar-refractivity contribution is 5.77. The average molecular weight is 328 g/mol. The first kappa shape index (κ1) is 15.5. The van der Waals surface area contributed by atoms with Crippen molar-refractivity contribution in [3.63, 3.8) is 0 Å². The molecule has 0 spiro atoms. The number of aryl methyl sites for hydroxylation is 1. The van der Waals surface area contributed by atoms with E-state index in [1.807, 2.05) is 23.1 Å². The summed E-state index contributed by atoms with van der Waals surface area (Å²) >= 11 is 0. The predicted molar refractivity (Wildman–Crippen MR) is 91.7 cm³/mol. The normalized spacial score (nSPS) is 24.1. The number of carbonyl (C=O) groups is 1. The van der Waals surface area contributed by atoms with E-state index in [4.69, 9.17) is 4.42 Å². The van der Waals surface area contributed by atoms with Crippen LogP contribution in [0.2, 0.25) is 0 Å². The van der Waals surface area contributed by atoms with Crippen molar-refractivity contribution in [2.75, 3.05) is 13.1 Å². The van der Waals surface area contributed by atoms with Gasteiger partial charge in [-0.15, -0.1) is 0 Å². The minimum Gasteiger partial charge on any atom is -0.408 e. The van der Waals surface area contributed by atoms with E-state index in [-0.39, 0.29) is 11.7 Å². The van der Waals surface area contributed by atoms with Crippen molar-refractivity contribution in [3.8, 4) is 0 Å². The molecule has 128 valence electrons. The van der Waals surface area contributed by atoms with Crippen LogP contribution in [0.3, 0.4) is 0 Å². The standard InChI is InChI=1S/C19H24N2O3/c22-18(20-11-9-14-5-1-2-6-15(14)13-20)10-12-21-16-7-3-4-8-17(16)24-19(21)23/h3-4,7-8,14-15H,1-2,5-6,9-13H2/t14-,15+/m1/s1. The molecule has 2 fully saturated rings. The molecule has 24 heavy (non-hydrogen) atoms. The van der Waals surface area contributed by atoms with Crippen LogP contribution < -0.4 is 5.76 Å². The maximum Gasteiger partial charge on any atom is 0.419 e. The molecule has 2 aromatic rings. The lowest BCUT2D eigenvalue weighted by molar-refractivity contribution is -0.134. The second-order valence-corrected chi connectivity index (χ2v) is 7.17. The van der Waals surface area contributed by atoms with Crippen LogP contribution in [0, 0.1) is 11.8 Å². The van der Waals surface area contributed by atoms with Gasteiger partial charge in [0.25, 0.3) is 0 Å². The lowest BCUT2D eigenvalue weighted by Gasteiger charge is -2.41. The van der Waals surface area contributed by atoms with Crippen molar-refractivity contribution in [2.24, 2.45) is 11.8 Å². The van der Waals surface area contributed by atoms with Gasteiger partial charge in [-0.25, -0.2) is 4.79 Å². The summed E-state index contributed by atoms with van der Waals surface area (Å²) in [5.74, 6) is 1.29. The fourth-order valence-electron chi connectivity index (χ4n) is 4.42. The summed E-state index contributed by atoms with van der Waals surface area (Å²) in [5.41, 5.74) is 1.35. The monoisotopic (exact) mass is 328 g/mol. The molecule has 2 atom stereocenters. The van der Waals surface area contributed by atoms with Crippen LogP contribution >= 0.6 is 0 Å². The molecule has 1 saturated heterocycles. The van der Waals surface area contributed by atoms with E-state index in [9.17, 15) is 9.59 Å². The molecule has 0 N–H and O–H groups in total. The molecule has 4 rings (SSSR count). The SMILES string of the molecule is O=C(CCn1c(=O)oc2ccccc21)N1CC[C@H]2CCCC[C@H]2C1. The second kappa shape index (κ2) is 6.46. The summed E-state index contributed by atoms with van der Waals surface area (Å²) < 4.78 is 6.80. The van der Waals surface area contributed by atoms with Crippen molar-refractivity contribution in [2.45, 2.75) is 45.1 Å². The van der Waals surface area contributed by atoms with Gasteiger partial charge in [0.1, 0.15) is 0 Å². The van der Waals surface area contributed by atoms with Crippen LogP contribution in [0.25, 0.3) is 11.1 Å². The van der Waals surface area contributed by atoms with Crippen molar-refractivity contribution in [1.29, 1.82) is 0 Å². The van der Waals surface area contributed by atoms with Gasteiger partial charge >= 0.3 is 5.76 Å². The lowest BCUT2D eigenvalue weighted by atomic mass is 9.75. The maximum absolute atomic E-state index is 12.6. The van der Waals surface area contributed by atoms with Gasteiger partial charge in [-0.05, 0) is 36.8 Å². The van der Waals surface area contributed by atoms with Gasteiger partial charge in [0.2, 0.25) is 5.91 Å². The van der Waals surface area contributed by atoms with E-state index in [0.29, 0.717) is 24.5 Å². The number of aromatic nitrogens is 1. The smallest absolute Gasteiger partial charge is 0.408 e. The van der Waals surface area contributed by atoms with Crippen molar-refractivity contribution >= 4 is 17.0 Å². The molecule has 2 heterocycles. The molecule has 1 aromatic carbocycles. The number of hydrogen-bond acceptors (Lipinski definition) is 3. The number of rotatable bonds is 3. The van der Waals surface area contributed by atoms with E-state index >= 15 is 0 Å². The van der Waals surface area contributed by atoms with Gasteiger partial charge in [-0.1, -0.05) is 31.4 Å². The number of nitrogens with zero attached hydrogens (tertiary/aromatic N) is 2. The quantitative estimate of drug-likeness (QED) is 0.870. The Hall–Kier alpha value is -2.04. The van der Waals surface area contributed by atoms with Gasteiger partial charge in [0.05, 0.1) is 5.52 Å². The van der Waals surface area contributed by atoms with Gasteiger partial charge in [0, 0.05) is 26.1 Å². The molecular formula is C19H24N2O3. The van der Waals surface area contributed by atoms with Gasteiger partial charge in [-0.3, -0.25) is 9.36 Å². The number of carbonyl (C=O) groups excluding carboxylic acids is 1. The Morgan fingerprint density at radius 3 is 2.79 bits per heavy atom. The molecule has 0 bridgehead atoms. The summed E-state index contributed by atoms with van der Waals surface area (Å²) in [6.07, 6.45) is 6.76. The van der Waals surface area contributed by atoms with Crippen LogP contribution in [0.15, 0.2) is 33.5 Å². The molecule has 1 aliphatic heterocycles. The number of hydrogen-bond donors (Lipinski definition) is 0. The third-order valence-electron chi connectivity index (χ3n) is 5.77. The van der Waals surface area contributed by atoms with Crippen molar-refractivity contribution < 1.29 is 9.21 Å². The molecule has 5 heteroatoms. The lowest BCUT2D eigenvalue weighted by Crippen LogP contribution is -2.45. The number of piperidine rings is 1. The number of benzene rings is 1. The minimum atomic E-state index is -0.380. The van der Waals surface area contributed by atoms with E-state index in [1.165, 1.54) is 25.7 Å². The van der Waals surface area contributed by atoms with Crippen LogP contribution in [0.1, 0.15) is 38.5 Å². The first-order valence-corrected chi connectivity index (χ1v) is 9.08. The Balaban J connectivity index is 1.41. The summed E-state index contributed by atoms with van der Waals surface area (Å²) in [5, 5.41) is 0. The minimum absolute atomic E-state index is 0.163. The Morgan fingerprint density at radius 1 is 1.12 bits per heavy atom. The zero-order valence-corrected chi connectivity index (χ0v) is 13.9. The van der Waals surface area contributed by atoms with Gasteiger partial charge in [0.15, 0.2) is 5.58 Å². The maximum atomic E-state index is 12.6. The Labute approximate surface area is 141 Å². The number of fused-ring (bicyclic) bond motifs is 2. The van der Waals surface area contributed by atoms with Crippen molar-refractivity contribution in [3.05, 3.63) is 34.8 Å². The number of amides is 1. The third kappa shape index (κ3) is 2.87. The van der Waals surface area contributed by atoms with Crippen LogP contribution in [0.4, 0.5) is 0 Å². The molecule has 1 saturated carbocycles. The number of likely N-dealkylation sites (tertiary alicyclic amines) is 1.